The van der Waals surface area contributed by atoms with E-state index in [-0.39, 0.29) is 11.6 Å². The van der Waals surface area contributed by atoms with Gasteiger partial charge in [0.2, 0.25) is 0 Å². The van der Waals surface area contributed by atoms with E-state index in [4.69, 9.17) is 28.5 Å². The third-order valence-electron chi connectivity index (χ3n) is 9.64. The van der Waals surface area contributed by atoms with Crippen LogP contribution in [0.1, 0.15) is 86.4 Å². The number of halogens is 4. The van der Waals surface area contributed by atoms with Crippen LogP contribution in [0, 0.1) is 50.7 Å². The third-order valence-corrected chi connectivity index (χ3v) is 10.4. The van der Waals surface area contributed by atoms with Crippen molar-refractivity contribution in [2.24, 2.45) is 0 Å². The summed E-state index contributed by atoms with van der Waals surface area (Å²) in [5.41, 5.74) is 8.21. The summed E-state index contributed by atoms with van der Waals surface area (Å²) in [5, 5.41) is 25.6. The highest BCUT2D eigenvalue weighted by Gasteiger charge is 2.15. The molecule has 0 bridgehead atoms. The van der Waals surface area contributed by atoms with Gasteiger partial charge in [0.15, 0.2) is 0 Å². The van der Waals surface area contributed by atoms with E-state index >= 15 is 0 Å². The molecular weight excluding hydrogens is 751 g/mol. The fourth-order valence-corrected chi connectivity index (χ4v) is 7.30. The SMILES string of the molecule is CC.CC.CCC1=CCCc2ccc(O)c(C)c21.Cc1c(Cl)ccc2cccc(Cl)c12.Cc1c(F)ccc2cccc(C#N)c12.Cc1cccc2cccc(F)c12. The second-order valence-electron chi connectivity index (χ2n) is 13.0. The Bertz CT molecular complexity index is 2480. The molecule has 0 saturated heterocycles. The zero-order valence-corrected chi connectivity index (χ0v) is 36.0. The minimum atomic E-state index is -0.264. The molecule has 2 nitrogen and oxygen atoms in total. The Hall–Kier alpha value is -5.21. The molecule has 8 rings (SSSR count). The van der Waals surface area contributed by atoms with Crippen LogP contribution in [0.5, 0.6) is 5.75 Å². The Morgan fingerprint density at radius 2 is 1.19 bits per heavy atom. The van der Waals surface area contributed by atoms with Gasteiger partial charge in [0, 0.05) is 26.2 Å². The number of nitrogens with zero attached hydrogens (tertiary/aromatic N) is 1. The van der Waals surface area contributed by atoms with Crippen molar-refractivity contribution in [3.8, 4) is 11.8 Å². The van der Waals surface area contributed by atoms with E-state index in [2.05, 4.69) is 25.1 Å². The number of phenols is 1. The van der Waals surface area contributed by atoms with E-state index in [0.29, 0.717) is 16.9 Å². The van der Waals surface area contributed by atoms with E-state index in [0.717, 1.165) is 78.3 Å². The highest BCUT2D eigenvalue weighted by Crippen LogP contribution is 2.35. The van der Waals surface area contributed by atoms with Crippen LogP contribution < -0.4 is 0 Å². The van der Waals surface area contributed by atoms with Crippen molar-refractivity contribution in [1.82, 2.24) is 0 Å². The van der Waals surface area contributed by atoms with Crippen molar-refractivity contribution in [2.45, 2.75) is 81.6 Å². The molecule has 0 atom stereocenters. The monoisotopic (exact) mass is 803 g/mol. The number of phenolic OH excluding ortho intramolecular Hbond substituents is 1. The number of aromatic hydroxyl groups is 1. The Balaban J connectivity index is 0.000000198. The van der Waals surface area contributed by atoms with Gasteiger partial charge < -0.3 is 5.11 Å². The van der Waals surface area contributed by atoms with E-state index in [1.807, 2.05) is 115 Å². The number of aryl methyl sites for hydroxylation is 4. The summed E-state index contributed by atoms with van der Waals surface area (Å²) in [4.78, 5) is 0. The van der Waals surface area contributed by atoms with Gasteiger partial charge in [0.25, 0.3) is 0 Å². The molecule has 0 radical (unpaired) electrons. The molecule has 0 spiro atoms. The summed E-state index contributed by atoms with van der Waals surface area (Å²) in [6.45, 7) is 17.8. The maximum absolute atomic E-state index is 13.3. The summed E-state index contributed by atoms with van der Waals surface area (Å²) in [6, 6.07) is 35.1. The van der Waals surface area contributed by atoms with Crippen LogP contribution in [0.15, 0.2) is 115 Å². The van der Waals surface area contributed by atoms with Crippen molar-refractivity contribution >= 4 is 61.1 Å². The predicted octanol–water partition coefficient (Wildman–Crippen LogP) is 16.4. The fraction of sp³-hybridized carbons (Fsp3) is 0.235. The summed E-state index contributed by atoms with van der Waals surface area (Å²) < 4.78 is 26.5. The summed E-state index contributed by atoms with van der Waals surface area (Å²) in [6.07, 6.45) is 5.60. The van der Waals surface area contributed by atoms with E-state index in [1.54, 1.807) is 31.2 Å². The van der Waals surface area contributed by atoms with Crippen LogP contribution in [0.3, 0.4) is 0 Å². The van der Waals surface area contributed by atoms with E-state index in [1.165, 1.54) is 28.8 Å². The molecule has 296 valence electrons. The average Bonchev–Trinajstić information content (AvgIpc) is 3.24. The molecule has 57 heavy (non-hydrogen) atoms. The van der Waals surface area contributed by atoms with Crippen LogP contribution in [0.25, 0.3) is 37.9 Å². The van der Waals surface area contributed by atoms with Crippen molar-refractivity contribution in [3.63, 3.8) is 0 Å². The molecule has 7 aromatic carbocycles. The minimum absolute atomic E-state index is 0.134. The molecule has 0 aromatic heterocycles. The van der Waals surface area contributed by atoms with E-state index in [9.17, 15) is 13.9 Å². The van der Waals surface area contributed by atoms with Crippen molar-refractivity contribution in [2.75, 3.05) is 0 Å². The lowest BCUT2D eigenvalue weighted by molar-refractivity contribution is 0.470. The average molecular weight is 805 g/mol. The van der Waals surface area contributed by atoms with Gasteiger partial charge in [-0.1, -0.05) is 137 Å². The first-order chi connectivity index (χ1) is 27.5. The number of allylic oxidation sites excluding steroid dienone is 2. The number of benzene rings is 7. The summed E-state index contributed by atoms with van der Waals surface area (Å²) >= 11 is 12.1. The van der Waals surface area contributed by atoms with Gasteiger partial charge in [-0.3, -0.25) is 0 Å². The van der Waals surface area contributed by atoms with Crippen LogP contribution in [-0.4, -0.2) is 5.11 Å². The molecule has 0 unspecified atom stereocenters. The largest absolute Gasteiger partial charge is 0.508 e. The molecule has 0 amide bonds. The number of hydrogen-bond donors (Lipinski definition) is 1. The normalized spacial score (nSPS) is 11.0. The Morgan fingerprint density at radius 1 is 0.614 bits per heavy atom. The molecule has 6 heteroatoms. The standard InChI is InChI=1S/C13H16O.C12H8FN.C11H8Cl2.C11H9F.2C2H6/c1-3-10-5-4-6-11-7-8-12(14)9(2)13(10)11;1-8-11(13)6-5-9-3-2-4-10(7-14)12(8)9;1-7-9(12)6-5-8-3-2-4-10(13)11(7)8;1-8-4-2-5-9-6-3-7-10(12)11(8)9;2*1-2/h5,7-8,14H,3-4,6H2,1-2H3;2-6H,1H3;2-6H,1H3;2-7H,1H3;2*1-2H3. The first-order valence-electron chi connectivity index (χ1n) is 19.5. The van der Waals surface area contributed by atoms with Gasteiger partial charge in [-0.25, -0.2) is 8.78 Å². The fourth-order valence-electron chi connectivity index (χ4n) is 6.82. The van der Waals surface area contributed by atoms with Crippen molar-refractivity contribution in [3.05, 3.63) is 176 Å². The zero-order chi connectivity index (χ0) is 42.2. The van der Waals surface area contributed by atoms with Crippen LogP contribution in [0.2, 0.25) is 10.0 Å². The lowest BCUT2D eigenvalue weighted by atomic mass is 9.86. The topological polar surface area (TPSA) is 44.0 Å². The molecule has 1 aliphatic carbocycles. The Morgan fingerprint density at radius 3 is 1.82 bits per heavy atom. The van der Waals surface area contributed by atoms with Gasteiger partial charge in [-0.15, -0.1) is 0 Å². The van der Waals surface area contributed by atoms with Crippen LogP contribution in [-0.2, 0) is 6.42 Å². The number of hydrogen-bond acceptors (Lipinski definition) is 2. The maximum Gasteiger partial charge on any atom is 0.131 e. The molecule has 0 heterocycles. The summed E-state index contributed by atoms with van der Waals surface area (Å²) in [7, 11) is 0. The molecule has 0 aliphatic heterocycles. The number of nitriles is 1. The molecule has 0 saturated carbocycles. The Kier molecular flexibility index (Phi) is 18.2. The molecular formula is C51H53Cl2F2NO. The van der Waals surface area contributed by atoms with Gasteiger partial charge in [0.1, 0.15) is 17.4 Å². The maximum atomic E-state index is 13.3. The second kappa shape index (κ2) is 22.5. The lowest BCUT2D eigenvalue weighted by Gasteiger charge is -2.19. The van der Waals surface area contributed by atoms with Gasteiger partial charge >= 0.3 is 0 Å². The van der Waals surface area contributed by atoms with Crippen LogP contribution >= 0.6 is 23.2 Å². The first kappa shape index (κ1) is 46.2. The summed E-state index contributed by atoms with van der Waals surface area (Å²) in [5.74, 6) is 0.0239. The number of fused-ring (bicyclic) bond motifs is 4. The molecule has 0 fully saturated rings. The van der Waals surface area contributed by atoms with Crippen molar-refractivity contribution < 1.29 is 13.9 Å². The zero-order valence-electron chi connectivity index (χ0n) is 34.5. The number of rotatable bonds is 1. The second-order valence-corrected chi connectivity index (χ2v) is 13.8. The Labute approximate surface area is 348 Å². The van der Waals surface area contributed by atoms with Crippen LogP contribution in [0.4, 0.5) is 8.78 Å². The van der Waals surface area contributed by atoms with Crippen molar-refractivity contribution in [1.29, 1.82) is 5.26 Å². The minimum Gasteiger partial charge on any atom is -0.508 e. The highest BCUT2D eigenvalue weighted by molar-refractivity contribution is 6.37. The van der Waals surface area contributed by atoms with Gasteiger partial charge in [-0.05, 0) is 138 Å². The van der Waals surface area contributed by atoms with Gasteiger partial charge in [0.05, 0.1) is 11.6 Å². The molecule has 7 aromatic rings. The highest BCUT2D eigenvalue weighted by atomic mass is 35.5. The van der Waals surface area contributed by atoms with Gasteiger partial charge in [-0.2, -0.15) is 5.26 Å². The lowest BCUT2D eigenvalue weighted by Crippen LogP contribution is -2.01. The quantitative estimate of drug-likeness (QED) is 0.180. The third kappa shape index (κ3) is 11.2. The molecule has 1 N–H and O–H groups in total. The smallest absolute Gasteiger partial charge is 0.131 e. The first-order valence-corrected chi connectivity index (χ1v) is 20.3. The predicted molar refractivity (Wildman–Crippen MR) is 243 cm³/mol. The van der Waals surface area contributed by atoms with E-state index < -0.39 is 0 Å². The molecule has 1 aliphatic rings.